The van der Waals surface area contributed by atoms with Crippen molar-refractivity contribution in [3.8, 4) is 10.4 Å². The molecule has 0 aliphatic rings. The highest BCUT2D eigenvalue weighted by Gasteiger charge is 2.19. The first-order valence-corrected chi connectivity index (χ1v) is 8.94. The Kier molecular flexibility index (Phi) is 5.18. The van der Waals surface area contributed by atoms with E-state index in [2.05, 4.69) is 17.1 Å². The van der Waals surface area contributed by atoms with Crippen molar-refractivity contribution < 1.29 is 9.52 Å². The second-order valence-electron chi connectivity index (χ2n) is 6.22. The summed E-state index contributed by atoms with van der Waals surface area (Å²) in [5, 5.41) is 11.4. The van der Waals surface area contributed by atoms with E-state index in [1.165, 1.54) is 0 Å². The SMILES string of the molecule is CC(O)c1oc(=O)c2ccccc2c1-c1ccc(/C=C/CN(C)C)s1. The lowest BCUT2D eigenvalue weighted by Gasteiger charge is -2.11. The van der Waals surface area contributed by atoms with Crippen LogP contribution in [0.25, 0.3) is 27.3 Å². The molecule has 0 saturated heterocycles. The minimum atomic E-state index is -0.859. The summed E-state index contributed by atoms with van der Waals surface area (Å²) in [6.07, 6.45) is 3.33. The Bertz CT molecular complexity index is 966. The lowest BCUT2D eigenvalue weighted by atomic mass is 10.0. The average Bonchev–Trinajstić information content (AvgIpc) is 3.03. The first-order chi connectivity index (χ1) is 12.0. The van der Waals surface area contributed by atoms with Gasteiger partial charge in [-0.2, -0.15) is 0 Å². The minimum absolute atomic E-state index is 0.314. The van der Waals surface area contributed by atoms with Gasteiger partial charge in [-0.05, 0) is 45.3 Å². The van der Waals surface area contributed by atoms with Crippen molar-refractivity contribution in [3.05, 3.63) is 63.5 Å². The molecular formula is C20H21NO3S. The fraction of sp³-hybridized carbons (Fsp3) is 0.250. The number of benzene rings is 1. The molecule has 1 unspecified atom stereocenters. The fourth-order valence-electron chi connectivity index (χ4n) is 2.72. The molecule has 0 fully saturated rings. The molecule has 25 heavy (non-hydrogen) atoms. The zero-order valence-corrected chi connectivity index (χ0v) is 15.3. The third-order valence-corrected chi connectivity index (χ3v) is 4.94. The lowest BCUT2D eigenvalue weighted by Crippen LogP contribution is -2.10. The van der Waals surface area contributed by atoms with Gasteiger partial charge < -0.3 is 14.4 Å². The fourth-order valence-corrected chi connectivity index (χ4v) is 3.73. The summed E-state index contributed by atoms with van der Waals surface area (Å²) in [6.45, 7) is 2.48. The van der Waals surface area contributed by atoms with Gasteiger partial charge in [0.25, 0.3) is 0 Å². The summed E-state index contributed by atoms with van der Waals surface area (Å²) in [5.74, 6) is 0.314. The van der Waals surface area contributed by atoms with Crippen LogP contribution in [0.3, 0.4) is 0 Å². The van der Waals surface area contributed by atoms with Gasteiger partial charge in [-0.15, -0.1) is 11.3 Å². The van der Waals surface area contributed by atoms with E-state index >= 15 is 0 Å². The topological polar surface area (TPSA) is 53.7 Å². The van der Waals surface area contributed by atoms with Gasteiger partial charge in [0.15, 0.2) is 0 Å². The summed E-state index contributed by atoms with van der Waals surface area (Å²) in [4.78, 5) is 16.4. The molecule has 3 aromatic rings. The van der Waals surface area contributed by atoms with Crippen LogP contribution in [-0.4, -0.2) is 30.6 Å². The monoisotopic (exact) mass is 355 g/mol. The predicted molar refractivity (Wildman–Crippen MR) is 104 cm³/mol. The zero-order chi connectivity index (χ0) is 18.0. The van der Waals surface area contributed by atoms with Crippen LogP contribution < -0.4 is 5.63 Å². The van der Waals surface area contributed by atoms with E-state index in [1.54, 1.807) is 24.3 Å². The van der Waals surface area contributed by atoms with Crippen LogP contribution in [0.1, 0.15) is 23.7 Å². The quantitative estimate of drug-likeness (QED) is 0.747. The first-order valence-electron chi connectivity index (χ1n) is 8.12. The van der Waals surface area contributed by atoms with E-state index in [-0.39, 0.29) is 0 Å². The molecule has 0 aliphatic carbocycles. The Morgan fingerprint density at radius 3 is 2.60 bits per heavy atom. The smallest absolute Gasteiger partial charge is 0.343 e. The van der Waals surface area contributed by atoms with Crippen LogP contribution in [0.4, 0.5) is 0 Å². The summed E-state index contributed by atoms with van der Waals surface area (Å²) in [5.41, 5.74) is 0.375. The van der Waals surface area contributed by atoms with E-state index in [0.717, 1.165) is 27.2 Å². The van der Waals surface area contributed by atoms with Crippen molar-refractivity contribution >= 4 is 28.2 Å². The van der Waals surface area contributed by atoms with Gasteiger partial charge in [-0.25, -0.2) is 4.79 Å². The standard InChI is InChI=1S/C20H21NO3S/c1-13(22)19-18(15-8-4-5-9-16(15)20(23)24-19)17-11-10-14(25-17)7-6-12-21(2)3/h4-11,13,22H,12H2,1-3H3/b7-6+. The number of hydrogen-bond acceptors (Lipinski definition) is 5. The van der Waals surface area contributed by atoms with Crippen molar-refractivity contribution in [3.63, 3.8) is 0 Å². The summed E-state index contributed by atoms with van der Waals surface area (Å²) >= 11 is 1.61. The maximum absolute atomic E-state index is 12.2. The van der Waals surface area contributed by atoms with E-state index < -0.39 is 11.7 Å². The number of aliphatic hydroxyl groups excluding tert-OH is 1. The highest BCUT2D eigenvalue weighted by molar-refractivity contribution is 7.16. The van der Waals surface area contributed by atoms with Crippen molar-refractivity contribution in [2.24, 2.45) is 0 Å². The van der Waals surface area contributed by atoms with E-state index in [1.807, 2.05) is 44.4 Å². The molecule has 2 heterocycles. The van der Waals surface area contributed by atoms with Crippen LogP contribution in [0.2, 0.25) is 0 Å². The van der Waals surface area contributed by atoms with Gasteiger partial charge in [-0.1, -0.05) is 24.3 Å². The van der Waals surface area contributed by atoms with Gasteiger partial charge in [0.05, 0.1) is 5.39 Å². The highest BCUT2D eigenvalue weighted by atomic mass is 32.1. The minimum Gasteiger partial charge on any atom is -0.424 e. The van der Waals surface area contributed by atoms with Crippen LogP contribution in [0.5, 0.6) is 0 Å². The second kappa shape index (κ2) is 7.35. The Morgan fingerprint density at radius 2 is 1.92 bits per heavy atom. The maximum Gasteiger partial charge on any atom is 0.343 e. The summed E-state index contributed by atoms with van der Waals surface area (Å²) in [7, 11) is 4.05. The molecule has 0 aliphatic heterocycles. The first kappa shape index (κ1) is 17.6. The second-order valence-corrected chi connectivity index (χ2v) is 7.33. The molecule has 3 rings (SSSR count). The third kappa shape index (κ3) is 3.74. The maximum atomic E-state index is 12.2. The van der Waals surface area contributed by atoms with Crippen LogP contribution in [0, 0.1) is 0 Å². The van der Waals surface area contributed by atoms with Crippen LogP contribution >= 0.6 is 11.3 Å². The lowest BCUT2D eigenvalue weighted by molar-refractivity contribution is 0.166. The van der Waals surface area contributed by atoms with Gasteiger partial charge in [-0.3, -0.25) is 0 Å². The largest absolute Gasteiger partial charge is 0.424 e. The van der Waals surface area contributed by atoms with Gasteiger partial charge in [0.2, 0.25) is 0 Å². The van der Waals surface area contributed by atoms with Crippen molar-refractivity contribution in [2.75, 3.05) is 20.6 Å². The number of thiophene rings is 1. The predicted octanol–water partition coefficient (Wildman–Crippen LogP) is 4.15. The van der Waals surface area contributed by atoms with Crippen LogP contribution in [-0.2, 0) is 0 Å². The zero-order valence-electron chi connectivity index (χ0n) is 14.5. The molecule has 0 saturated carbocycles. The molecule has 2 aromatic heterocycles. The molecule has 0 radical (unpaired) electrons. The van der Waals surface area contributed by atoms with Crippen molar-refractivity contribution in [1.29, 1.82) is 0 Å². The number of nitrogens with zero attached hydrogens (tertiary/aromatic N) is 1. The third-order valence-electron chi connectivity index (χ3n) is 3.87. The van der Waals surface area contributed by atoms with Crippen LogP contribution in [0.15, 0.2) is 51.7 Å². The molecule has 130 valence electrons. The highest BCUT2D eigenvalue weighted by Crippen LogP contribution is 2.38. The molecule has 1 N–H and O–H groups in total. The normalized spacial score (nSPS) is 13.2. The average molecular weight is 355 g/mol. The number of hydrogen-bond donors (Lipinski definition) is 1. The van der Waals surface area contributed by atoms with Gasteiger partial charge >= 0.3 is 5.63 Å². The van der Waals surface area contributed by atoms with E-state index in [0.29, 0.717) is 11.1 Å². The summed E-state index contributed by atoms with van der Waals surface area (Å²) < 4.78 is 5.44. The Morgan fingerprint density at radius 1 is 1.20 bits per heavy atom. The van der Waals surface area contributed by atoms with Gasteiger partial charge in [0.1, 0.15) is 11.9 Å². The van der Waals surface area contributed by atoms with Gasteiger partial charge in [0, 0.05) is 27.2 Å². The number of aliphatic hydroxyl groups is 1. The Labute approximate surface area is 150 Å². The van der Waals surface area contributed by atoms with E-state index in [4.69, 9.17) is 4.42 Å². The Hall–Kier alpha value is -2.21. The molecule has 0 amide bonds. The number of rotatable bonds is 5. The number of likely N-dealkylation sites (N-methyl/N-ethyl adjacent to an activating group) is 1. The Balaban J connectivity index is 2.13. The summed E-state index contributed by atoms with van der Waals surface area (Å²) in [6, 6.07) is 11.4. The molecule has 0 spiro atoms. The number of fused-ring (bicyclic) bond motifs is 1. The molecular weight excluding hydrogens is 334 g/mol. The molecule has 1 atom stereocenters. The van der Waals surface area contributed by atoms with Crippen molar-refractivity contribution in [2.45, 2.75) is 13.0 Å². The molecule has 5 heteroatoms. The molecule has 4 nitrogen and oxygen atoms in total. The molecule has 1 aromatic carbocycles. The molecule has 0 bridgehead atoms. The van der Waals surface area contributed by atoms with E-state index in [9.17, 15) is 9.90 Å². The van der Waals surface area contributed by atoms with Crippen molar-refractivity contribution in [1.82, 2.24) is 4.90 Å².